The molecular weight excluding hydrogens is 862 g/mol. The topological polar surface area (TPSA) is 154 Å². The first-order chi connectivity index (χ1) is 30.0. The predicted octanol–water partition coefficient (Wildman–Crippen LogP) is 11.5. The SMILES string of the molecule is CCCCc1ccnc(-c2cc(/C(C#N)=C/C3=C4Oc5cc([N+](=O)[O-])ccc5C=C4CCC3)ccn2)c1.[Ru].c1ccc(-c2ccccn2)nc1.c1ccc(-c2ccccn2)nc1. The van der Waals surface area contributed by atoms with Crippen LogP contribution in [0, 0.1) is 21.4 Å². The van der Waals surface area contributed by atoms with Crippen LogP contribution >= 0.6 is 0 Å². The van der Waals surface area contributed by atoms with Gasteiger partial charge in [0.15, 0.2) is 0 Å². The Morgan fingerprint density at radius 1 is 0.710 bits per heavy atom. The van der Waals surface area contributed by atoms with Gasteiger partial charge in [0.25, 0.3) is 5.69 Å². The van der Waals surface area contributed by atoms with Gasteiger partial charge >= 0.3 is 0 Å². The Labute approximate surface area is 373 Å². The maximum Gasteiger partial charge on any atom is 0.273 e. The number of aryl methyl sites for hydroxylation is 1. The number of nitro benzene ring substituents is 1. The maximum absolute atomic E-state index is 11.2. The van der Waals surface area contributed by atoms with Crippen LogP contribution in [-0.4, -0.2) is 34.8 Å². The third kappa shape index (κ3) is 11.7. The first-order valence-electron chi connectivity index (χ1n) is 20.1. The number of ether oxygens (including phenoxy) is 1. The van der Waals surface area contributed by atoms with Gasteiger partial charge in [0.2, 0.25) is 0 Å². The van der Waals surface area contributed by atoms with Gasteiger partial charge in [-0.05, 0) is 145 Å². The number of rotatable bonds is 9. The zero-order chi connectivity index (χ0) is 42.2. The number of aromatic nitrogens is 6. The van der Waals surface area contributed by atoms with E-state index in [0.717, 1.165) is 89.3 Å². The molecule has 12 heteroatoms. The van der Waals surface area contributed by atoms with E-state index < -0.39 is 4.92 Å². The molecule has 1 aromatic carbocycles. The van der Waals surface area contributed by atoms with Crippen molar-refractivity contribution in [2.45, 2.75) is 45.4 Å². The molecular formula is C50H42N8O3Ru. The van der Waals surface area contributed by atoms with Gasteiger partial charge in [0.1, 0.15) is 11.5 Å². The van der Waals surface area contributed by atoms with Crippen molar-refractivity contribution in [3.05, 3.63) is 202 Å². The van der Waals surface area contributed by atoms with Crippen LogP contribution in [0.2, 0.25) is 0 Å². The molecule has 7 heterocycles. The van der Waals surface area contributed by atoms with E-state index in [1.807, 2.05) is 103 Å². The van der Waals surface area contributed by atoms with Gasteiger partial charge in [-0.3, -0.25) is 40.0 Å². The van der Waals surface area contributed by atoms with Gasteiger partial charge in [-0.2, -0.15) is 5.26 Å². The van der Waals surface area contributed by atoms with Crippen molar-refractivity contribution in [3.63, 3.8) is 0 Å². The minimum atomic E-state index is -0.428. The number of allylic oxidation sites excluding steroid dienone is 4. The monoisotopic (exact) mass is 904 g/mol. The Hall–Kier alpha value is -7.35. The van der Waals surface area contributed by atoms with Crippen LogP contribution in [0.1, 0.15) is 55.7 Å². The molecule has 308 valence electrons. The summed E-state index contributed by atoms with van der Waals surface area (Å²) in [4.78, 5) is 36.6. The van der Waals surface area contributed by atoms with Crippen LogP contribution in [0.4, 0.5) is 5.69 Å². The molecule has 1 aliphatic carbocycles. The number of nitro groups is 1. The average Bonchev–Trinajstić information content (AvgIpc) is 3.33. The summed E-state index contributed by atoms with van der Waals surface area (Å²) in [5.74, 6) is 1.14. The third-order valence-electron chi connectivity index (χ3n) is 9.83. The van der Waals surface area contributed by atoms with Crippen molar-refractivity contribution < 1.29 is 29.1 Å². The summed E-state index contributed by atoms with van der Waals surface area (Å²) < 4.78 is 6.19. The van der Waals surface area contributed by atoms with Crippen molar-refractivity contribution in [3.8, 4) is 46.0 Å². The Kier molecular flexibility index (Phi) is 15.9. The number of non-ortho nitro benzene ring substituents is 1. The van der Waals surface area contributed by atoms with Gasteiger partial charge in [0.05, 0.1) is 56.8 Å². The molecule has 0 unspecified atom stereocenters. The first-order valence-corrected chi connectivity index (χ1v) is 20.1. The van der Waals surface area contributed by atoms with E-state index >= 15 is 0 Å². The van der Waals surface area contributed by atoms with Gasteiger partial charge in [-0.25, -0.2) is 0 Å². The maximum atomic E-state index is 11.2. The molecule has 9 rings (SSSR count). The Balaban J connectivity index is 0.000000207. The second-order valence-electron chi connectivity index (χ2n) is 14.1. The van der Waals surface area contributed by atoms with Crippen LogP contribution in [0.3, 0.4) is 0 Å². The fourth-order valence-electron chi connectivity index (χ4n) is 6.75. The zero-order valence-corrected chi connectivity index (χ0v) is 35.7. The molecule has 0 saturated carbocycles. The van der Waals surface area contributed by atoms with Crippen molar-refractivity contribution in [2.24, 2.45) is 0 Å². The predicted molar refractivity (Wildman–Crippen MR) is 237 cm³/mol. The summed E-state index contributed by atoms with van der Waals surface area (Å²) in [5, 5.41) is 21.3. The molecule has 2 aliphatic rings. The van der Waals surface area contributed by atoms with Crippen LogP contribution in [0.5, 0.6) is 5.75 Å². The molecule has 0 radical (unpaired) electrons. The standard InChI is InChI=1S/C30H26N4O3.2C10H8N2.Ru/c1-2-3-5-20-10-12-32-27(14-20)28-17-21(11-13-33-28)25(19-31)16-24-7-4-6-23-15-22-8-9-26(34(35)36)18-29(22)37-30(23)24;2*1-3-7-11-9(5-1)10-6-2-4-8-12-10;/h8-18H,2-7H2,1H3;2*1-8H;/b25-16+;;;. The molecule has 7 aromatic rings. The van der Waals surface area contributed by atoms with Crippen LogP contribution in [0.15, 0.2) is 175 Å². The van der Waals surface area contributed by atoms with Crippen molar-refractivity contribution in [1.82, 2.24) is 29.9 Å². The van der Waals surface area contributed by atoms with E-state index in [2.05, 4.69) is 49.0 Å². The average molecular weight is 904 g/mol. The quantitative estimate of drug-likeness (QED) is 0.0592. The molecule has 62 heavy (non-hydrogen) atoms. The second-order valence-corrected chi connectivity index (χ2v) is 14.1. The van der Waals surface area contributed by atoms with E-state index in [0.29, 0.717) is 22.8 Å². The molecule has 11 nitrogen and oxygen atoms in total. The van der Waals surface area contributed by atoms with E-state index in [-0.39, 0.29) is 25.2 Å². The van der Waals surface area contributed by atoms with Gasteiger partial charge < -0.3 is 4.74 Å². The summed E-state index contributed by atoms with van der Waals surface area (Å²) in [6, 6.07) is 38.0. The zero-order valence-electron chi connectivity index (χ0n) is 34.0. The number of nitriles is 1. The van der Waals surface area contributed by atoms with E-state index in [4.69, 9.17) is 4.74 Å². The molecule has 0 bridgehead atoms. The fourth-order valence-corrected chi connectivity index (χ4v) is 6.75. The van der Waals surface area contributed by atoms with E-state index in [1.54, 1.807) is 43.2 Å². The Morgan fingerprint density at radius 3 is 1.81 bits per heavy atom. The summed E-state index contributed by atoms with van der Waals surface area (Å²) in [5.41, 5.74) is 10.4. The van der Waals surface area contributed by atoms with Crippen molar-refractivity contribution in [2.75, 3.05) is 0 Å². The fraction of sp³-hybridized carbons (Fsp3) is 0.140. The summed E-state index contributed by atoms with van der Waals surface area (Å²) >= 11 is 0. The number of fused-ring (bicyclic) bond motifs is 2. The minimum Gasteiger partial charge on any atom is -0.456 e. The molecule has 6 aromatic heterocycles. The van der Waals surface area contributed by atoms with Crippen LogP contribution in [0.25, 0.3) is 45.8 Å². The second kappa shape index (κ2) is 22.3. The number of unbranched alkanes of at least 4 members (excludes halogenated alkanes) is 1. The van der Waals surface area contributed by atoms with Crippen LogP contribution in [-0.2, 0) is 25.9 Å². The summed E-state index contributed by atoms with van der Waals surface area (Å²) in [6.07, 6.45) is 20.2. The number of benzene rings is 1. The summed E-state index contributed by atoms with van der Waals surface area (Å²) in [6.45, 7) is 2.17. The molecule has 0 spiro atoms. The first kappa shape index (κ1) is 44.2. The van der Waals surface area contributed by atoms with Crippen molar-refractivity contribution >= 4 is 17.3 Å². The van der Waals surface area contributed by atoms with E-state index in [9.17, 15) is 15.4 Å². The molecule has 0 fully saturated rings. The Bertz CT molecular complexity index is 2570. The van der Waals surface area contributed by atoms with Crippen LogP contribution < -0.4 is 4.74 Å². The summed E-state index contributed by atoms with van der Waals surface area (Å²) in [7, 11) is 0. The molecule has 0 amide bonds. The largest absolute Gasteiger partial charge is 0.456 e. The number of hydrogen-bond acceptors (Lipinski definition) is 10. The van der Waals surface area contributed by atoms with Crippen molar-refractivity contribution in [1.29, 1.82) is 5.26 Å². The number of pyridine rings is 6. The number of nitrogens with zero attached hydrogens (tertiary/aromatic N) is 8. The van der Waals surface area contributed by atoms with Gasteiger partial charge in [0, 0.05) is 68.3 Å². The third-order valence-corrected chi connectivity index (χ3v) is 9.83. The molecule has 0 saturated heterocycles. The molecule has 0 atom stereocenters. The molecule has 0 N–H and O–H groups in total. The smallest absolute Gasteiger partial charge is 0.273 e. The van der Waals surface area contributed by atoms with Gasteiger partial charge in [-0.15, -0.1) is 0 Å². The van der Waals surface area contributed by atoms with Gasteiger partial charge in [-0.1, -0.05) is 37.6 Å². The normalized spacial score (nSPS) is 12.5. The molecule has 1 aliphatic heterocycles. The Morgan fingerprint density at radius 2 is 1.27 bits per heavy atom. The minimum absolute atomic E-state index is 0. The number of hydrogen-bond donors (Lipinski definition) is 0. The van der Waals surface area contributed by atoms with E-state index in [1.165, 1.54) is 17.7 Å².